The van der Waals surface area contributed by atoms with Gasteiger partial charge in [-0.1, -0.05) is 6.07 Å². The van der Waals surface area contributed by atoms with Crippen LogP contribution in [0, 0.1) is 18.3 Å². The van der Waals surface area contributed by atoms with Gasteiger partial charge in [0.2, 0.25) is 0 Å². The molecule has 1 atom stereocenters. The molecule has 0 saturated carbocycles. The predicted octanol–water partition coefficient (Wildman–Crippen LogP) is 2.77. The Balaban J connectivity index is 2.24. The fourth-order valence-corrected chi connectivity index (χ4v) is 1.96. The molecule has 1 unspecified atom stereocenters. The predicted molar refractivity (Wildman–Crippen MR) is 71.1 cm³/mol. The lowest BCUT2D eigenvalue weighted by molar-refractivity contribution is 0.675. The van der Waals surface area contributed by atoms with Gasteiger partial charge in [-0.15, -0.1) is 0 Å². The Kier molecular flexibility index (Phi) is 3.33. The van der Waals surface area contributed by atoms with Crippen LogP contribution in [0.4, 0.5) is 5.69 Å². The minimum Gasteiger partial charge on any atom is -0.377 e. The van der Waals surface area contributed by atoms with Crippen molar-refractivity contribution in [2.45, 2.75) is 19.9 Å². The maximum atomic E-state index is 8.92. The van der Waals surface area contributed by atoms with Crippen molar-refractivity contribution in [1.29, 1.82) is 5.26 Å². The van der Waals surface area contributed by atoms with Crippen molar-refractivity contribution in [1.82, 2.24) is 9.78 Å². The highest BCUT2D eigenvalue weighted by molar-refractivity contribution is 5.56. The molecule has 4 nitrogen and oxygen atoms in total. The molecule has 2 rings (SSSR count). The molecular formula is C14H16N4. The molecule has 4 heteroatoms. The molecule has 0 fully saturated rings. The van der Waals surface area contributed by atoms with Gasteiger partial charge in [-0.25, -0.2) is 0 Å². The number of hydrogen-bond donors (Lipinski definition) is 1. The second-order valence-corrected chi connectivity index (χ2v) is 4.39. The first-order valence-corrected chi connectivity index (χ1v) is 5.87. The molecule has 18 heavy (non-hydrogen) atoms. The molecule has 0 bridgehead atoms. The summed E-state index contributed by atoms with van der Waals surface area (Å²) in [5, 5.41) is 16.5. The number of aryl methyl sites for hydroxylation is 2. The monoisotopic (exact) mass is 240 g/mol. The summed E-state index contributed by atoms with van der Waals surface area (Å²) in [5.74, 6) is 0. The number of nitrogens with one attached hydrogen (secondary N) is 1. The number of rotatable bonds is 3. The van der Waals surface area contributed by atoms with E-state index in [-0.39, 0.29) is 6.04 Å². The van der Waals surface area contributed by atoms with Gasteiger partial charge < -0.3 is 5.32 Å². The third-order valence-electron chi connectivity index (χ3n) is 3.04. The molecule has 0 amide bonds. The van der Waals surface area contributed by atoms with Gasteiger partial charge >= 0.3 is 0 Å². The Labute approximate surface area is 107 Å². The van der Waals surface area contributed by atoms with Crippen LogP contribution in [0.15, 0.2) is 30.5 Å². The first-order valence-electron chi connectivity index (χ1n) is 5.87. The van der Waals surface area contributed by atoms with Crippen molar-refractivity contribution in [2.75, 3.05) is 5.32 Å². The highest BCUT2D eigenvalue weighted by Gasteiger charge is 2.10. The smallest absolute Gasteiger partial charge is 0.0992 e. The number of nitriles is 1. The molecule has 0 aliphatic heterocycles. The van der Waals surface area contributed by atoms with Crippen molar-refractivity contribution in [2.24, 2.45) is 7.05 Å². The third kappa shape index (κ3) is 2.35. The van der Waals surface area contributed by atoms with E-state index in [9.17, 15) is 0 Å². The average molecular weight is 240 g/mol. The van der Waals surface area contributed by atoms with Crippen LogP contribution in [-0.4, -0.2) is 9.78 Å². The number of anilines is 1. The fourth-order valence-electron chi connectivity index (χ4n) is 1.96. The van der Waals surface area contributed by atoms with Gasteiger partial charge in [0.15, 0.2) is 0 Å². The molecule has 0 spiro atoms. The Bertz CT molecular complexity index is 592. The third-order valence-corrected chi connectivity index (χ3v) is 3.04. The van der Waals surface area contributed by atoms with Crippen LogP contribution in [0.1, 0.15) is 29.8 Å². The number of benzene rings is 1. The van der Waals surface area contributed by atoms with Crippen LogP contribution in [0.2, 0.25) is 0 Å². The molecule has 1 N–H and O–H groups in total. The van der Waals surface area contributed by atoms with E-state index in [1.807, 2.05) is 42.9 Å². The van der Waals surface area contributed by atoms with Gasteiger partial charge in [0.25, 0.3) is 0 Å². The summed E-state index contributed by atoms with van der Waals surface area (Å²) < 4.78 is 1.85. The van der Waals surface area contributed by atoms with Crippen LogP contribution in [0.3, 0.4) is 0 Å². The zero-order chi connectivity index (χ0) is 13.1. The normalized spacial score (nSPS) is 11.9. The molecule has 0 saturated heterocycles. The van der Waals surface area contributed by atoms with E-state index in [1.54, 1.807) is 6.20 Å². The van der Waals surface area contributed by atoms with Crippen molar-refractivity contribution >= 4 is 5.69 Å². The SMILES string of the molecule is Cc1ccc(C#N)cc1NC(C)c1ccnn1C. The zero-order valence-electron chi connectivity index (χ0n) is 10.8. The molecule has 1 heterocycles. The molecule has 1 aromatic heterocycles. The van der Waals surface area contributed by atoms with Gasteiger partial charge in [-0.3, -0.25) is 4.68 Å². The van der Waals surface area contributed by atoms with Crippen molar-refractivity contribution < 1.29 is 0 Å². The molecule has 0 aliphatic carbocycles. The summed E-state index contributed by atoms with van der Waals surface area (Å²) in [5.41, 5.74) is 3.89. The molecule has 0 radical (unpaired) electrons. The molecule has 92 valence electrons. The van der Waals surface area contributed by atoms with E-state index in [1.165, 1.54) is 0 Å². The second kappa shape index (κ2) is 4.92. The van der Waals surface area contributed by atoms with Crippen LogP contribution >= 0.6 is 0 Å². The summed E-state index contributed by atoms with van der Waals surface area (Å²) in [6.45, 7) is 4.11. The molecule has 1 aromatic carbocycles. The standard InChI is InChI=1S/C14H16N4/c1-10-4-5-12(9-15)8-13(10)17-11(2)14-6-7-16-18(14)3/h4-8,11,17H,1-3H3. The Morgan fingerprint density at radius 2 is 2.17 bits per heavy atom. The highest BCUT2D eigenvalue weighted by Crippen LogP contribution is 2.22. The van der Waals surface area contributed by atoms with Crippen molar-refractivity contribution in [3.8, 4) is 6.07 Å². The van der Waals surface area contributed by atoms with Gasteiger partial charge in [-0.05, 0) is 37.6 Å². The first-order chi connectivity index (χ1) is 8.61. The van der Waals surface area contributed by atoms with Gasteiger partial charge in [0.05, 0.1) is 23.4 Å². The van der Waals surface area contributed by atoms with E-state index in [0.717, 1.165) is 16.9 Å². The minimum absolute atomic E-state index is 0.144. The first kappa shape index (κ1) is 12.2. The lowest BCUT2D eigenvalue weighted by Crippen LogP contribution is -2.12. The van der Waals surface area contributed by atoms with E-state index in [0.29, 0.717) is 5.56 Å². The Morgan fingerprint density at radius 3 is 2.78 bits per heavy atom. The molecule has 0 aliphatic rings. The number of nitrogens with zero attached hydrogens (tertiary/aromatic N) is 3. The van der Waals surface area contributed by atoms with E-state index >= 15 is 0 Å². The largest absolute Gasteiger partial charge is 0.377 e. The Hall–Kier alpha value is -2.28. The summed E-state index contributed by atoms with van der Waals surface area (Å²) in [4.78, 5) is 0. The average Bonchev–Trinajstić information content (AvgIpc) is 2.78. The number of hydrogen-bond acceptors (Lipinski definition) is 3. The van der Waals surface area contributed by atoms with E-state index in [4.69, 9.17) is 5.26 Å². The summed E-state index contributed by atoms with van der Waals surface area (Å²) >= 11 is 0. The van der Waals surface area contributed by atoms with Gasteiger partial charge in [0, 0.05) is 18.9 Å². The van der Waals surface area contributed by atoms with Gasteiger partial charge in [0.1, 0.15) is 0 Å². The zero-order valence-corrected chi connectivity index (χ0v) is 10.8. The van der Waals surface area contributed by atoms with Crippen LogP contribution < -0.4 is 5.32 Å². The highest BCUT2D eigenvalue weighted by atomic mass is 15.3. The van der Waals surface area contributed by atoms with Crippen LogP contribution in [0.25, 0.3) is 0 Å². The molecular weight excluding hydrogens is 224 g/mol. The number of aromatic nitrogens is 2. The molecule has 2 aromatic rings. The topological polar surface area (TPSA) is 53.6 Å². The van der Waals surface area contributed by atoms with Crippen molar-refractivity contribution in [3.05, 3.63) is 47.3 Å². The van der Waals surface area contributed by atoms with E-state index < -0.39 is 0 Å². The fraction of sp³-hybridized carbons (Fsp3) is 0.286. The summed E-state index contributed by atoms with van der Waals surface area (Å²) in [6.07, 6.45) is 1.78. The van der Waals surface area contributed by atoms with Crippen LogP contribution in [0.5, 0.6) is 0 Å². The Morgan fingerprint density at radius 1 is 1.39 bits per heavy atom. The summed E-state index contributed by atoms with van der Waals surface area (Å²) in [7, 11) is 1.92. The second-order valence-electron chi connectivity index (χ2n) is 4.39. The minimum atomic E-state index is 0.144. The quantitative estimate of drug-likeness (QED) is 0.897. The summed E-state index contributed by atoms with van der Waals surface area (Å²) in [6, 6.07) is 9.95. The maximum Gasteiger partial charge on any atom is 0.0992 e. The maximum absolute atomic E-state index is 8.92. The lowest BCUT2D eigenvalue weighted by atomic mass is 10.1. The lowest BCUT2D eigenvalue weighted by Gasteiger charge is -2.17. The van der Waals surface area contributed by atoms with E-state index in [2.05, 4.69) is 23.4 Å². The van der Waals surface area contributed by atoms with Crippen LogP contribution in [-0.2, 0) is 7.05 Å². The van der Waals surface area contributed by atoms with Gasteiger partial charge in [-0.2, -0.15) is 10.4 Å². The van der Waals surface area contributed by atoms with Crippen molar-refractivity contribution in [3.63, 3.8) is 0 Å².